The molecule has 0 heterocycles. The second-order valence-corrected chi connectivity index (χ2v) is 3.42. The zero-order valence-electron chi connectivity index (χ0n) is 10.4. The molecule has 0 aliphatic heterocycles. The van der Waals surface area contributed by atoms with Crippen LogP contribution in [0, 0.1) is 0 Å². The third-order valence-corrected chi connectivity index (χ3v) is 2.17. The summed E-state index contributed by atoms with van der Waals surface area (Å²) < 4.78 is 0. The quantitative estimate of drug-likeness (QED) is 0.514. The summed E-state index contributed by atoms with van der Waals surface area (Å²) in [5.41, 5.74) is 2.50. The second-order valence-electron chi connectivity index (χ2n) is 3.42. The van der Waals surface area contributed by atoms with Gasteiger partial charge in [-0.1, -0.05) is 68.7 Å². The van der Waals surface area contributed by atoms with Gasteiger partial charge in [0.25, 0.3) is 0 Å². The molecule has 0 radical (unpaired) electrons. The summed E-state index contributed by atoms with van der Waals surface area (Å²) in [6, 6.07) is 0. The van der Waals surface area contributed by atoms with Crippen molar-refractivity contribution >= 4 is 0 Å². The van der Waals surface area contributed by atoms with Crippen molar-refractivity contribution in [2.75, 3.05) is 0 Å². The minimum Gasteiger partial charge on any atom is -0.0991 e. The molecule has 0 fully saturated rings. The second kappa shape index (κ2) is 9.97. The Hall–Kier alpha value is -1.56. The van der Waals surface area contributed by atoms with Crippen LogP contribution in [-0.4, -0.2) is 0 Å². The van der Waals surface area contributed by atoms with Crippen molar-refractivity contribution in [1.29, 1.82) is 0 Å². The number of allylic oxidation sites excluding steroid dienone is 10. The Labute approximate surface area is 100 Å². The first-order chi connectivity index (χ1) is 7.78. The topological polar surface area (TPSA) is 0 Å². The van der Waals surface area contributed by atoms with Crippen LogP contribution in [0.2, 0.25) is 0 Å². The molecule has 0 aromatic carbocycles. The predicted octanol–water partition coefficient (Wildman–Crippen LogP) is 5.14. The van der Waals surface area contributed by atoms with Gasteiger partial charge in [-0.2, -0.15) is 0 Å². The lowest BCUT2D eigenvalue weighted by Gasteiger charge is -2.01. The van der Waals surface area contributed by atoms with Gasteiger partial charge in [0.05, 0.1) is 0 Å². The summed E-state index contributed by atoms with van der Waals surface area (Å²) >= 11 is 0. The Balaban J connectivity index is 4.57. The van der Waals surface area contributed by atoms with Crippen molar-refractivity contribution < 1.29 is 0 Å². The lowest BCUT2D eigenvalue weighted by Crippen LogP contribution is -1.82. The molecule has 0 bridgehead atoms. The van der Waals surface area contributed by atoms with Crippen LogP contribution in [0.3, 0.4) is 0 Å². The van der Waals surface area contributed by atoms with Gasteiger partial charge in [0.15, 0.2) is 0 Å². The first-order valence-electron chi connectivity index (χ1n) is 5.70. The molecular weight excluding hydrogens is 192 g/mol. The molecule has 0 nitrogen and oxygen atoms in total. The molecule has 0 atom stereocenters. The van der Waals surface area contributed by atoms with Gasteiger partial charge < -0.3 is 0 Å². The average molecular weight is 214 g/mol. The summed E-state index contributed by atoms with van der Waals surface area (Å²) in [5, 5.41) is 0. The first-order valence-corrected chi connectivity index (χ1v) is 5.70. The zero-order valence-corrected chi connectivity index (χ0v) is 10.4. The van der Waals surface area contributed by atoms with Gasteiger partial charge in [-0.15, -0.1) is 0 Å². The van der Waals surface area contributed by atoms with Crippen molar-refractivity contribution in [3.05, 3.63) is 72.9 Å². The Kier molecular flexibility index (Phi) is 9.00. The summed E-state index contributed by atoms with van der Waals surface area (Å²) in [5.74, 6) is 0. The van der Waals surface area contributed by atoms with Crippen LogP contribution in [0.25, 0.3) is 0 Å². The van der Waals surface area contributed by atoms with Crippen molar-refractivity contribution in [3.63, 3.8) is 0 Å². The largest absolute Gasteiger partial charge is 0.0991 e. The molecule has 0 aliphatic rings. The fourth-order valence-electron chi connectivity index (χ4n) is 1.21. The van der Waals surface area contributed by atoms with Crippen LogP contribution < -0.4 is 0 Å². The standard InChI is InChI=1S/C16H22/c1-5-9-11-13-16(8-4)14-15(7-3)12-10-6-2/h6-13H,2,4-5,14H2,1,3H3/b11-9-,12-10-,15-7+,16-13+. The van der Waals surface area contributed by atoms with Crippen molar-refractivity contribution in [3.8, 4) is 0 Å². The molecule has 0 heteroatoms. The molecule has 0 amide bonds. The molecule has 0 N–H and O–H groups in total. The smallest absolute Gasteiger partial charge is 0.00293 e. The molecule has 0 saturated heterocycles. The summed E-state index contributed by atoms with van der Waals surface area (Å²) in [6.07, 6.45) is 18.2. The van der Waals surface area contributed by atoms with E-state index in [1.807, 2.05) is 19.1 Å². The number of hydrogen-bond acceptors (Lipinski definition) is 0. The molecule has 0 unspecified atom stereocenters. The monoisotopic (exact) mass is 214 g/mol. The van der Waals surface area contributed by atoms with Gasteiger partial charge in [0.2, 0.25) is 0 Å². The van der Waals surface area contributed by atoms with E-state index in [0.29, 0.717) is 0 Å². The Bertz CT molecular complexity index is 322. The van der Waals surface area contributed by atoms with Crippen molar-refractivity contribution in [2.45, 2.75) is 26.7 Å². The Morgan fingerprint density at radius 3 is 2.38 bits per heavy atom. The van der Waals surface area contributed by atoms with Gasteiger partial charge in [-0.3, -0.25) is 0 Å². The van der Waals surface area contributed by atoms with Crippen LogP contribution >= 0.6 is 0 Å². The van der Waals surface area contributed by atoms with E-state index in [4.69, 9.17) is 0 Å². The third kappa shape index (κ3) is 6.83. The number of hydrogen-bond donors (Lipinski definition) is 0. The maximum absolute atomic E-state index is 3.83. The van der Waals surface area contributed by atoms with Gasteiger partial charge in [-0.25, -0.2) is 0 Å². The van der Waals surface area contributed by atoms with E-state index in [9.17, 15) is 0 Å². The Morgan fingerprint density at radius 1 is 1.12 bits per heavy atom. The van der Waals surface area contributed by atoms with Crippen LogP contribution in [-0.2, 0) is 0 Å². The molecule has 0 aromatic rings. The average Bonchev–Trinajstić information content (AvgIpc) is 2.32. The lowest BCUT2D eigenvalue weighted by atomic mass is 10.0. The maximum atomic E-state index is 3.83. The predicted molar refractivity (Wildman–Crippen MR) is 75.4 cm³/mol. The van der Waals surface area contributed by atoms with Crippen LogP contribution in [0.4, 0.5) is 0 Å². The van der Waals surface area contributed by atoms with Crippen LogP contribution in [0.5, 0.6) is 0 Å². The molecule has 0 spiro atoms. The summed E-state index contributed by atoms with van der Waals surface area (Å²) in [4.78, 5) is 0. The summed E-state index contributed by atoms with van der Waals surface area (Å²) in [6.45, 7) is 11.7. The van der Waals surface area contributed by atoms with E-state index in [1.54, 1.807) is 6.08 Å². The lowest BCUT2D eigenvalue weighted by molar-refractivity contribution is 1.19. The highest BCUT2D eigenvalue weighted by molar-refractivity contribution is 5.32. The van der Waals surface area contributed by atoms with Crippen LogP contribution in [0.15, 0.2) is 72.9 Å². The molecule has 0 aromatic heterocycles. The first kappa shape index (κ1) is 14.4. The minimum atomic E-state index is 0.915. The normalized spacial score (nSPS) is 13.6. The van der Waals surface area contributed by atoms with E-state index in [-0.39, 0.29) is 0 Å². The Morgan fingerprint density at radius 2 is 1.88 bits per heavy atom. The zero-order chi connectivity index (χ0) is 12.2. The van der Waals surface area contributed by atoms with E-state index in [1.165, 1.54) is 11.1 Å². The molecular formula is C16H22. The highest BCUT2D eigenvalue weighted by Crippen LogP contribution is 2.13. The fraction of sp³-hybridized carbons (Fsp3) is 0.250. The van der Waals surface area contributed by atoms with Gasteiger partial charge >= 0.3 is 0 Å². The summed E-state index contributed by atoms with van der Waals surface area (Å²) in [7, 11) is 0. The van der Waals surface area contributed by atoms with Crippen LogP contribution in [0.1, 0.15) is 26.7 Å². The SMILES string of the molecule is C=C/C=C\C(=C/C)C/C(C=C)=C/C=C\CC. The fourth-order valence-corrected chi connectivity index (χ4v) is 1.21. The van der Waals surface area contributed by atoms with E-state index < -0.39 is 0 Å². The third-order valence-electron chi connectivity index (χ3n) is 2.17. The molecule has 0 saturated carbocycles. The van der Waals surface area contributed by atoms with Gasteiger partial charge in [0, 0.05) is 0 Å². The maximum Gasteiger partial charge on any atom is -0.00293 e. The molecule has 86 valence electrons. The highest BCUT2D eigenvalue weighted by atomic mass is 14.0. The van der Waals surface area contributed by atoms with E-state index in [0.717, 1.165) is 12.8 Å². The molecule has 0 aliphatic carbocycles. The number of rotatable bonds is 7. The van der Waals surface area contributed by atoms with Gasteiger partial charge in [0.1, 0.15) is 0 Å². The van der Waals surface area contributed by atoms with Gasteiger partial charge in [-0.05, 0) is 30.9 Å². The molecule has 16 heavy (non-hydrogen) atoms. The van der Waals surface area contributed by atoms with E-state index in [2.05, 4.69) is 50.5 Å². The molecule has 0 rings (SSSR count). The van der Waals surface area contributed by atoms with Crippen molar-refractivity contribution in [1.82, 2.24) is 0 Å². The minimum absolute atomic E-state index is 0.915. The highest BCUT2D eigenvalue weighted by Gasteiger charge is 1.94. The van der Waals surface area contributed by atoms with Crippen molar-refractivity contribution in [2.24, 2.45) is 0 Å². The van der Waals surface area contributed by atoms with E-state index >= 15 is 0 Å².